The van der Waals surface area contributed by atoms with E-state index < -0.39 is 23.4 Å². The van der Waals surface area contributed by atoms with Gasteiger partial charge in [0.2, 0.25) is 0 Å². The van der Waals surface area contributed by atoms with Gasteiger partial charge in [0, 0.05) is 50.6 Å². The van der Waals surface area contributed by atoms with E-state index in [1.54, 1.807) is 11.0 Å². The van der Waals surface area contributed by atoms with Gasteiger partial charge in [-0.25, -0.2) is 4.79 Å². The highest BCUT2D eigenvalue weighted by Gasteiger charge is 2.55. The first-order valence-electron chi connectivity index (χ1n) is 15.3. The number of piperidine rings is 2. The Bertz CT molecular complexity index is 1260. The summed E-state index contributed by atoms with van der Waals surface area (Å²) in [6, 6.07) is 11.5. The lowest BCUT2D eigenvalue weighted by Crippen LogP contribution is -2.56. The van der Waals surface area contributed by atoms with E-state index in [9.17, 15) is 22.8 Å². The van der Waals surface area contributed by atoms with Crippen LogP contribution in [0.4, 0.5) is 18.0 Å². The van der Waals surface area contributed by atoms with Crippen LogP contribution in [0, 0.1) is 13.8 Å². The molecule has 6 nitrogen and oxygen atoms in total. The number of alkyl halides is 3. The topological polar surface area (TPSA) is 53.1 Å². The van der Waals surface area contributed by atoms with Crippen LogP contribution in [-0.2, 0) is 17.5 Å². The number of ether oxygens (including phenoxy) is 1. The second-order valence-corrected chi connectivity index (χ2v) is 12.2. The van der Waals surface area contributed by atoms with Gasteiger partial charge < -0.3 is 9.64 Å². The van der Waals surface area contributed by atoms with Crippen LogP contribution >= 0.6 is 0 Å². The normalized spacial score (nSPS) is 21.7. The Morgan fingerprint density at radius 2 is 1.62 bits per heavy atom. The summed E-state index contributed by atoms with van der Waals surface area (Å²) in [5, 5.41) is 0. The highest BCUT2D eigenvalue weighted by Crippen LogP contribution is 2.43. The van der Waals surface area contributed by atoms with E-state index in [4.69, 9.17) is 4.74 Å². The number of halogens is 3. The summed E-state index contributed by atoms with van der Waals surface area (Å²) in [4.78, 5) is 32.5. The fourth-order valence-electron chi connectivity index (χ4n) is 7.27. The summed E-state index contributed by atoms with van der Waals surface area (Å²) < 4.78 is 47.2. The molecule has 1 spiro atoms. The number of aryl methyl sites for hydroxylation is 2. The SMILES string of the molecule is CCCCC1N(Cc2ccccc2C(F)(F)F)C(=O)OC12CCN(C1CCN(C(=O)c3c(C)cccc3C)CC1)CC2. The Hall–Kier alpha value is -3.07. The largest absolute Gasteiger partial charge is 0.440 e. The predicted octanol–water partition coefficient (Wildman–Crippen LogP) is 6.97. The molecule has 3 aliphatic heterocycles. The summed E-state index contributed by atoms with van der Waals surface area (Å²) in [6.45, 7) is 8.87. The van der Waals surface area contributed by atoms with E-state index in [-0.39, 0.29) is 24.1 Å². The molecule has 0 radical (unpaired) electrons. The van der Waals surface area contributed by atoms with E-state index in [0.717, 1.165) is 61.5 Å². The maximum Gasteiger partial charge on any atom is 0.416 e. The standard InChI is InChI=1S/C33H42F3N3O3/c1-4-5-13-28-32(42-31(41)39(28)22-25-11-6-7-12-27(25)33(34,35)36)16-20-37(21-17-32)26-14-18-38(19-15-26)30(40)29-23(2)9-8-10-24(29)3/h6-12,26,28H,4-5,13-22H2,1-3H3. The van der Waals surface area contributed by atoms with Crippen LogP contribution in [0.15, 0.2) is 42.5 Å². The molecule has 2 aromatic carbocycles. The summed E-state index contributed by atoms with van der Waals surface area (Å²) in [5.41, 5.74) is 1.52. The van der Waals surface area contributed by atoms with Gasteiger partial charge in [0.15, 0.2) is 0 Å². The quantitative estimate of drug-likeness (QED) is 0.352. The minimum absolute atomic E-state index is 0.0973. The highest BCUT2D eigenvalue weighted by atomic mass is 19.4. The average molecular weight is 586 g/mol. The minimum atomic E-state index is -4.49. The van der Waals surface area contributed by atoms with Gasteiger partial charge in [0.25, 0.3) is 5.91 Å². The molecule has 3 heterocycles. The first-order chi connectivity index (χ1) is 20.0. The number of hydrogen-bond donors (Lipinski definition) is 0. The van der Waals surface area contributed by atoms with Crippen molar-refractivity contribution in [1.29, 1.82) is 0 Å². The lowest BCUT2D eigenvalue weighted by atomic mass is 9.80. The van der Waals surface area contributed by atoms with Crippen molar-refractivity contribution in [2.24, 2.45) is 0 Å². The van der Waals surface area contributed by atoms with E-state index in [1.165, 1.54) is 12.1 Å². The Balaban J connectivity index is 1.23. The van der Waals surface area contributed by atoms with Crippen LogP contribution in [0.25, 0.3) is 0 Å². The highest BCUT2D eigenvalue weighted by molar-refractivity contribution is 5.97. The Morgan fingerprint density at radius 1 is 0.976 bits per heavy atom. The zero-order valence-corrected chi connectivity index (χ0v) is 24.9. The molecule has 42 heavy (non-hydrogen) atoms. The fraction of sp³-hybridized carbons (Fsp3) is 0.576. The monoisotopic (exact) mass is 585 g/mol. The number of benzene rings is 2. The van der Waals surface area contributed by atoms with Crippen LogP contribution in [0.3, 0.4) is 0 Å². The zero-order valence-electron chi connectivity index (χ0n) is 24.9. The van der Waals surface area contributed by atoms with E-state index >= 15 is 0 Å². The van der Waals surface area contributed by atoms with Crippen LogP contribution in [-0.4, -0.2) is 70.6 Å². The molecule has 1 atom stereocenters. The van der Waals surface area contributed by atoms with Crippen molar-refractivity contribution in [3.63, 3.8) is 0 Å². The number of hydrogen-bond acceptors (Lipinski definition) is 4. The van der Waals surface area contributed by atoms with Gasteiger partial charge in [-0.05, 0) is 55.9 Å². The third kappa shape index (κ3) is 6.03. The summed E-state index contributed by atoms with van der Waals surface area (Å²) in [5.74, 6) is 0.102. The van der Waals surface area contributed by atoms with E-state index in [1.807, 2.05) is 36.9 Å². The first-order valence-corrected chi connectivity index (χ1v) is 15.3. The number of nitrogens with zero attached hydrogens (tertiary/aromatic N) is 3. The molecule has 228 valence electrons. The van der Waals surface area contributed by atoms with Crippen LogP contribution in [0.2, 0.25) is 0 Å². The average Bonchev–Trinajstić information content (AvgIpc) is 3.21. The van der Waals surface area contributed by atoms with Gasteiger partial charge in [-0.1, -0.05) is 56.2 Å². The minimum Gasteiger partial charge on any atom is -0.440 e. The summed E-state index contributed by atoms with van der Waals surface area (Å²) >= 11 is 0. The third-order valence-electron chi connectivity index (χ3n) is 9.61. The van der Waals surface area contributed by atoms with Crippen molar-refractivity contribution >= 4 is 12.0 Å². The fourth-order valence-corrected chi connectivity index (χ4v) is 7.27. The van der Waals surface area contributed by atoms with Crippen LogP contribution in [0.1, 0.15) is 84.5 Å². The van der Waals surface area contributed by atoms with Gasteiger partial charge in [-0.2, -0.15) is 13.2 Å². The molecule has 9 heteroatoms. The van der Waals surface area contributed by atoms with Crippen LogP contribution in [0.5, 0.6) is 0 Å². The number of carbonyl (C=O) groups is 2. The Kier molecular flexibility index (Phi) is 8.88. The molecular weight excluding hydrogens is 543 g/mol. The number of likely N-dealkylation sites (tertiary alicyclic amines) is 2. The van der Waals surface area contributed by atoms with Gasteiger partial charge in [-0.15, -0.1) is 0 Å². The second kappa shape index (κ2) is 12.3. The molecule has 0 bridgehead atoms. The molecule has 3 saturated heterocycles. The van der Waals surface area contributed by atoms with Gasteiger partial charge in [0.1, 0.15) is 5.60 Å². The van der Waals surface area contributed by atoms with E-state index in [2.05, 4.69) is 11.8 Å². The molecule has 0 saturated carbocycles. The van der Waals surface area contributed by atoms with Gasteiger partial charge in [-0.3, -0.25) is 14.6 Å². The van der Waals surface area contributed by atoms with E-state index in [0.29, 0.717) is 38.4 Å². The molecule has 0 aliphatic carbocycles. The summed E-state index contributed by atoms with van der Waals surface area (Å²) in [7, 11) is 0. The van der Waals surface area contributed by atoms with Crippen molar-refractivity contribution in [1.82, 2.24) is 14.7 Å². The first kappa shape index (κ1) is 30.4. The predicted molar refractivity (Wildman–Crippen MR) is 155 cm³/mol. The molecule has 3 aliphatic rings. The van der Waals surface area contributed by atoms with Crippen molar-refractivity contribution in [2.75, 3.05) is 26.2 Å². The van der Waals surface area contributed by atoms with Crippen molar-refractivity contribution in [3.8, 4) is 0 Å². The molecule has 5 rings (SSSR count). The maximum atomic E-state index is 13.7. The van der Waals surface area contributed by atoms with Crippen molar-refractivity contribution in [2.45, 2.75) is 96.1 Å². The lowest BCUT2D eigenvalue weighted by molar-refractivity contribution is -0.138. The summed E-state index contributed by atoms with van der Waals surface area (Å²) in [6.07, 6.45) is 0.608. The molecule has 0 N–H and O–H groups in total. The molecule has 3 fully saturated rings. The Labute approximate surface area is 246 Å². The van der Waals surface area contributed by atoms with Gasteiger partial charge in [0.05, 0.1) is 18.2 Å². The second-order valence-electron chi connectivity index (χ2n) is 12.2. The smallest absolute Gasteiger partial charge is 0.416 e. The number of rotatable bonds is 7. The molecular formula is C33H42F3N3O3. The molecule has 0 aromatic heterocycles. The lowest BCUT2D eigenvalue weighted by Gasteiger charge is -2.46. The van der Waals surface area contributed by atoms with Gasteiger partial charge >= 0.3 is 12.3 Å². The third-order valence-corrected chi connectivity index (χ3v) is 9.61. The molecule has 2 aromatic rings. The van der Waals surface area contributed by atoms with Crippen molar-refractivity contribution < 1.29 is 27.5 Å². The van der Waals surface area contributed by atoms with Crippen LogP contribution < -0.4 is 0 Å². The number of amides is 2. The molecule has 2 amide bonds. The maximum absolute atomic E-state index is 13.7. The number of carbonyl (C=O) groups excluding carboxylic acids is 2. The Morgan fingerprint density at radius 3 is 2.24 bits per heavy atom. The zero-order chi connectivity index (χ0) is 30.1. The molecule has 1 unspecified atom stereocenters. The number of unbranched alkanes of at least 4 members (excludes halogenated alkanes) is 1. The van der Waals surface area contributed by atoms with Crippen molar-refractivity contribution in [3.05, 3.63) is 70.3 Å².